The van der Waals surface area contributed by atoms with Crippen molar-refractivity contribution in [2.24, 2.45) is 0 Å². The monoisotopic (exact) mass is 468 g/mol. The van der Waals surface area contributed by atoms with Gasteiger partial charge in [-0.3, -0.25) is 9.69 Å². The van der Waals surface area contributed by atoms with E-state index in [2.05, 4.69) is 21.5 Å². The van der Waals surface area contributed by atoms with Gasteiger partial charge < -0.3 is 4.90 Å². The molecule has 0 bridgehead atoms. The van der Waals surface area contributed by atoms with Crippen LogP contribution in [0, 0.1) is 6.92 Å². The minimum Gasteiger partial charge on any atom is -0.338 e. The molecule has 1 atom stereocenters. The van der Waals surface area contributed by atoms with Gasteiger partial charge in [-0.1, -0.05) is 6.92 Å². The molecule has 7 nitrogen and oxygen atoms in total. The third-order valence-corrected chi connectivity index (χ3v) is 9.94. The van der Waals surface area contributed by atoms with Gasteiger partial charge in [0.2, 0.25) is 10.0 Å². The molecule has 2 saturated heterocycles. The molecule has 2 aromatic heterocycles. The standard InChI is InChI=1S/C20H28N4O3S3/c1-3-23-10-6-7-16(23)12-21-30(26,27)17-11-15(13-28-17)19-22-14(2)18(29-19)20(25)24-8-4-5-9-24/h11,13,16,21H,3-10,12H2,1-2H3/t16-/m1/s1. The van der Waals surface area contributed by atoms with Crippen LogP contribution >= 0.6 is 22.7 Å². The largest absolute Gasteiger partial charge is 0.338 e. The summed E-state index contributed by atoms with van der Waals surface area (Å²) >= 11 is 2.55. The van der Waals surface area contributed by atoms with Crippen molar-refractivity contribution in [1.82, 2.24) is 19.5 Å². The van der Waals surface area contributed by atoms with Crippen molar-refractivity contribution >= 4 is 38.6 Å². The van der Waals surface area contributed by atoms with Crippen molar-refractivity contribution in [3.63, 3.8) is 0 Å². The SMILES string of the molecule is CCN1CCC[C@@H]1CNS(=O)(=O)c1cc(-c2nc(C)c(C(=O)N3CCCC3)s2)cs1. The van der Waals surface area contributed by atoms with Gasteiger partial charge in [0, 0.05) is 36.6 Å². The highest BCUT2D eigenvalue weighted by molar-refractivity contribution is 7.91. The van der Waals surface area contributed by atoms with E-state index in [0.29, 0.717) is 26.3 Å². The first-order chi connectivity index (χ1) is 14.4. The van der Waals surface area contributed by atoms with Gasteiger partial charge in [0.1, 0.15) is 14.1 Å². The van der Waals surface area contributed by atoms with Gasteiger partial charge in [-0.2, -0.15) is 0 Å². The predicted octanol–water partition coefficient (Wildman–Crippen LogP) is 3.18. The Labute approximate surface area is 186 Å². The fourth-order valence-corrected chi connectivity index (χ4v) is 7.55. The normalized spacial score (nSPS) is 20.3. The van der Waals surface area contributed by atoms with Gasteiger partial charge in [0.15, 0.2) is 0 Å². The van der Waals surface area contributed by atoms with Gasteiger partial charge >= 0.3 is 0 Å². The highest BCUT2D eigenvalue weighted by atomic mass is 32.2. The molecular weight excluding hydrogens is 440 g/mol. The first-order valence-corrected chi connectivity index (χ1v) is 13.7. The number of nitrogens with zero attached hydrogens (tertiary/aromatic N) is 3. The lowest BCUT2D eigenvalue weighted by Crippen LogP contribution is -2.39. The van der Waals surface area contributed by atoms with Crippen LogP contribution in [0.25, 0.3) is 10.6 Å². The van der Waals surface area contributed by atoms with E-state index in [1.807, 2.05) is 17.2 Å². The lowest BCUT2D eigenvalue weighted by Gasteiger charge is -2.22. The fourth-order valence-electron chi connectivity index (χ4n) is 4.17. The van der Waals surface area contributed by atoms with Gasteiger partial charge in [0.25, 0.3) is 5.91 Å². The molecule has 164 valence electrons. The Morgan fingerprint density at radius 3 is 2.77 bits per heavy atom. The molecule has 0 aliphatic carbocycles. The molecule has 2 fully saturated rings. The molecule has 0 unspecified atom stereocenters. The highest BCUT2D eigenvalue weighted by Gasteiger charge is 2.27. The van der Waals surface area contributed by atoms with Crippen molar-refractivity contribution < 1.29 is 13.2 Å². The van der Waals surface area contributed by atoms with Crippen molar-refractivity contribution in [3.8, 4) is 10.6 Å². The minimum absolute atomic E-state index is 0.0375. The van der Waals surface area contributed by atoms with Crippen LogP contribution in [0.5, 0.6) is 0 Å². The van der Waals surface area contributed by atoms with Gasteiger partial charge in [-0.25, -0.2) is 18.1 Å². The van der Waals surface area contributed by atoms with Crippen LogP contribution in [-0.2, 0) is 10.0 Å². The molecule has 4 rings (SSSR count). The maximum atomic E-state index is 12.8. The van der Waals surface area contributed by atoms with E-state index < -0.39 is 10.0 Å². The number of hydrogen-bond donors (Lipinski definition) is 1. The summed E-state index contributed by atoms with van der Waals surface area (Å²) in [6, 6.07) is 1.94. The Morgan fingerprint density at radius 1 is 1.27 bits per heavy atom. The number of thiazole rings is 1. The molecule has 4 heterocycles. The summed E-state index contributed by atoms with van der Waals surface area (Å²) in [5.74, 6) is 0.0375. The quantitative estimate of drug-likeness (QED) is 0.675. The van der Waals surface area contributed by atoms with Crippen molar-refractivity contribution in [2.45, 2.75) is 49.8 Å². The summed E-state index contributed by atoms with van der Waals surface area (Å²) in [5, 5.41) is 2.51. The molecule has 0 saturated carbocycles. The van der Waals surface area contributed by atoms with Crippen LogP contribution in [-0.4, -0.2) is 67.9 Å². The molecule has 2 aliphatic heterocycles. The number of thiophene rings is 1. The summed E-state index contributed by atoms with van der Waals surface area (Å²) in [7, 11) is -3.56. The second kappa shape index (κ2) is 9.04. The lowest BCUT2D eigenvalue weighted by molar-refractivity contribution is 0.0796. The molecule has 1 amide bonds. The van der Waals surface area contributed by atoms with Crippen LogP contribution < -0.4 is 4.72 Å². The zero-order chi connectivity index (χ0) is 21.3. The van der Waals surface area contributed by atoms with Crippen LogP contribution in [0.3, 0.4) is 0 Å². The third kappa shape index (κ3) is 4.47. The lowest BCUT2D eigenvalue weighted by atomic mass is 10.2. The number of aryl methyl sites for hydroxylation is 1. The number of carbonyl (C=O) groups is 1. The number of sulfonamides is 1. The topological polar surface area (TPSA) is 82.6 Å². The Balaban J connectivity index is 1.47. The number of nitrogens with one attached hydrogen (secondary N) is 1. The average Bonchev–Trinajstić information content (AvgIpc) is 3.52. The van der Waals surface area contributed by atoms with Gasteiger partial charge in [0.05, 0.1) is 5.69 Å². The van der Waals surface area contributed by atoms with Crippen LogP contribution in [0.4, 0.5) is 0 Å². The van der Waals surface area contributed by atoms with E-state index >= 15 is 0 Å². The van der Waals surface area contributed by atoms with E-state index in [-0.39, 0.29) is 11.9 Å². The van der Waals surface area contributed by atoms with E-state index in [4.69, 9.17) is 0 Å². The van der Waals surface area contributed by atoms with Crippen LogP contribution in [0.15, 0.2) is 15.7 Å². The number of likely N-dealkylation sites (tertiary alicyclic amines) is 2. The number of rotatable bonds is 7. The average molecular weight is 469 g/mol. The molecular formula is C20H28N4O3S3. The van der Waals surface area contributed by atoms with Gasteiger partial charge in [-0.05, 0) is 51.8 Å². The van der Waals surface area contributed by atoms with Crippen molar-refractivity contribution in [2.75, 3.05) is 32.7 Å². The number of carbonyl (C=O) groups excluding carboxylic acids is 1. The van der Waals surface area contributed by atoms with E-state index in [9.17, 15) is 13.2 Å². The summed E-state index contributed by atoms with van der Waals surface area (Å²) in [6.07, 6.45) is 4.24. The second-order valence-electron chi connectivity index (χ2n) is 7.86. The first kappa shape index (κ1) is 21.9. The minimum atomic E-state index is -3.56. The van der Waals surface area contributed by atoms with E-state index in [0.717, 1.165) is 57.4 Å². The Hall–Kier alpha value is -1.33. The number of amides is 1. The number of aromatic nitrogens is 1. The molecule has 2 aromatic rings. The molecule has 30 heavy (non-hydrogen) atoms. The second-order valence-corrected chi connectivity index (χ2v) is 11.8. The maximum Gasteiger partial charge on any atom is 0.265 e. The van der Waals surface area contributed by atoms with Gasteiger partial charge in [-0.15, -0.1) is 22.7 Å². The summed E-state index contributed by atoms with van der Waals surface area (Å²) in [4.78, 5) is 22.1. The summed E-state index contributed by atoms with van der Waals surface area (Å²) in [5.41, 5.74) is 1.46. The van der Waals surface area contributed by atoms with E-state index in [1.54, 1.807) is 6.07 Å². The fraction of sp³-hybridized carbons (Fsp3) is 0.600. The summed E-state index contributed by atoms with van der Waals surface area (Å²) in [6.45, 7) is 7.97. The summed E-state index contributed by atoms with van der Waals surface area (Å²) < 4.78 is 28.6. The smallest absolute Gasteiger partial charge is 0.265 e. The predicted molar refractivity (Wildman–Crippen MR) is 121 cm³/mol. The number of hydrogen-bond acceptors (Lipinski definition) is 7. The molecule has 0 spiro atoms. The van der Waals surface area contributed by atoms with Crippen LogP contribution in [0.1, 0.15) is 48.0 Å². The molecule has 0 radical (unpaired) electrons. The Morgan fingerprint density at radius 2 is 2.03 bits per heavy atom. The maximum absolute atomic E-state index is 12.8. The zero-order valence-corrected chi connectivity index (χ0v) is 19.8. The number of likely N-dealkylation sites (N-methyl/N-ethyl adjacent to an activating group) is 1. The first-order valence-electron chi connectivity index (χ1n) is 10.5. The molecule has 10 heteroatoms. The Bertz CT molecular complexity index is 1010. The van der Waals surface area contributed by atoms with E-state index in [1.165, 1.54) is 22.7 Å². The molecule has 0 aromatic carbocycles. The molecule has 2 aliphatic rings. The Kier molecular flexibility index (Phi) is 6.59. The third-order valence-electron chi connectivity index (χ3n) is 5.89. The van der Waals surface area contributed by atoms with Crippen LogP contribution in [0.2, 0.25) is 0 Å². The molecule has 1 N–H and O–H groups in total. The highest BCUT2D eigenvalue weighted by Crippen LogP contribution is 2.34. The van der Waals surface area contributed by atoms with Crippen molar-refractivity contribution in [1.29, 1.82) is 0 Å². The van der Waals surface area contributed by atoms with Crippen molar-refractivity contribution in [3.05, 3.63) is 22.0 Å². The zero-order valence-electron chi connectivity index (χ0n) is 17.4.